The summed E-state index contributed by atoms with van der Waals surface area (Å²) in [6.45, 7) is 3.71. The normalized spacial score (nSPS) is 15.1. The summed E-state index contributed by atoms with van der Waals surface area (Å²) in [4.78, 5) is 10.9. The highest BCUT2D eigenvalue weighted by molar-refractivity contribution is 6.29. The molecular formula is C18H23ClN4O2. The van der Waals surface area contributed by atoms with Crippen molar-refractivity contribution in [1.29, 1.82) is 0 Å². The van der Waals surface area contributed by atoms with Crippen molar-refractivity contribution in [1.82, 2.24) is 9.97 Å². The van der Waals surface area contributed by atoms with Crippen molar-refractivity contribution in [2.24, 2.45) is 0 Å². The first-order valence-electron chi connectivity index (χ1n) is 8.33. The summed E-state index contributed by atoms with van der Waals surface area (Å²) >= 11 is 6.05. The molecule has 0 amide bonds. The highest BCUT2D eigenvalue weighted by Gasteiger charge is 2.21. The van der Waals surface area contributed by atoms with Crippen LogP contribution < -0.4 is 19.7 Å². The van der Waals surface area contributed by atoms with Gasteiger partial charge < -0.3 is 19.7 Å². The largest absolute Gasteiger partial charge is 0.497 e. The van der Waals surface area contributed by atoms with E-state index in [1.165, 1.54) is 0 Å². The molecule has 6 nitrogen and oxygen atoms in total. The van der Waals surface area contributed by atoms with Gasteiger partial charge in [-0.2, -0.15) is 0 Å². The van der Waals surface area contributed by atoms with Gasteiger partial charge in [-0.15, -0.1) is 0 Å². The highest BCUT2D eigenvalue weighted by Crippen LogP contribution is 2.28. The van der Waals surface area contributed by atoms with E-state index in [4.69, 9.17) is 21.1 Å². The van der Waals surface area contributed by atoms with Gasteiger partial charge in [0.2, 0.25) is 0 Å². The van der Waals surface area contributed by atoms with Crippen LogP contribution in [0.2, 0.25) is 5.15 Å². The van der Waals surface area contributed by atoms with Crippen molar-refractivity contribution < 1.29 is 9.47 Å². The van der Waals surface area contributed by atoms with Crippen LogP contribution in [0.15, 0.2) is 24.3 Å². The molecule has 0 spiro atoms. The number of methoxy groups -OCH3 is 2. The fourth-order valence-electron chi connectivity index (χ4n) is 3.06. The van der Waals surface area contributed by atoms with Crippen molar-refractivity contribution in [3.8, 4) is 11.5 Å². The summed E-state index contributed by atoms with van der Waals surface area (Å²) < 4.78 is 10.7. The molecular weight excluding hydrogens is 340 g/mol. The number of ether oxygens (including phenoxy) is 2. The molecule has 1 aromatic heterocycles. The van der Waals surface area contributed by atoms with Crippen molar-refractivity contribution in [2.45, 2.75) is 25.8 Å². The van der Waals surface area contributed by atoms with E-state index >= 15 is 0 Å². The quantitative estimate of drug-likeness (QED) is 0.821. The van der Waals surface area contributed by atoms with Gasteiger partial charge in [-0.1, -0.05) is 11.6 Å². The number of benzene rings is 1. The predicted octanol–water partition coefficient (Wildman–Crippen LogP) is 3.54. The van der Waals surface area contributed by atoms with E-state index in [2.05, 4.69) is 20.2 Å². The Bertz CT molecular complexity index is 691. The lowest BCUT2D eigenvalue weighted by Crippen LogP contribution is -2.39. The van der Waals surface area contributed by atoms with Crippen LogP contribution in [0.1, 0.15) is 18.7 Å². The molecule has 1 saturated heterocycles. The summed E-state index contributed by atoms with van der Waals surface area (Å²) in [6.07, 6.45) is 2.03. The lowest BCUT2D eigenvalue weighted by Gasteiger charge is -2.33. The van der Waals surface area contributed by atoms with E-state index in [1.54, 1.807) is 14.2 Å². The smallest absolute Gasteiger partial charge is 0.134 e. The van der Waals surface area contributed by atoms with Crippen molar-refractivity contribution in [2.75, 3.05) is 37.5 Å². The van der Waals surface area contributed by atoms with Crippen LogP contribution in [0.4, 0.5) is 11.5 Å². The molecule has 1 fully saturated rings. The number of hydrogen-bond acceptors (Lipinski definition) is 6. The first kappa shape index (κ1) is 17.6. The third kappa shape index (κ3) is 4.45. The molecule has 1 aromatic carbocycles. The van der Waals surface area contributed by atoms with Gasteiger partial charge >= 0.3 is 0 Å². The maximum atomic E-state index is 6.05. The molecule has 3 rings (SSSR count). The maximum absolute atomic E-state index is 6.05. The van der Waals surface area contributed by atoms with E-state index in [0.717, 1.165) is 48.9 Å². The van der Waals surface area contributed by atoms with Gasteiger partial charge in [0.1, 0.15) is 28.3 Å². The molecule has 2 aromatic rings. The Hall–Kier alpha value is -2.21. The monoisotopic (exact) mass is 362 g/mol. The van der Waals surface area contributed by atoms with Crippen molar-refractivity contribution in [3.63, 3.8) is 0 Å². The van der Waals surface area contributed by atoms with E-state index in [1.807, 2.05) is 31.2 Å². The minimum absolute atomic E-state index is 0.395. The Labute approximate surface area is 153 Å². The number of nitrogens with zero attached hydrogens (tertiary/aromatic N) is 3. The molecule has 2 heterocycles. The zero-order valence-corrected chi connectivity index (χ0v) is 15.5. The highest BCUT2D eigenvalue weighted by atomic mass is 35.5. The Balaban J connectivity index is 1.63. The number of anilines is 2. The molecule has 0 unspecified atom stereocenters. The second kappa shape index (κ2) is 7.78. The molecule has 7 heteroatoms. The van der Waals surface area contributed by atoms with E-state index in [9.17, 15) is 0 Å². The summed E-state index contributed by atoms with van der Waals surface area (Å²) in [5, 5.41) is 4.07. The Morgan fingerprint density at radius 1 is 1.04 bits per heavy atom. The zero-order valence-electron chi connectivity index (χ0n) is 14.8. The van der Waals surface area contributed by atoms with Gasteiger partial charge in [0.15, 0.2) is 0 Å². The van der Waals surface area contributed by atoms with Crippen LogP contribution >= 0.6 is 11.6 Å². The third-order valence-electron chi connectivity index (χ3n) is 4.33. The third-order valence-corrected chi connectivity index (χ3v) is 4.53. The molecule has 1 aliphatic heterocycles. The van der Waals surface area contributed by atoms with Crippen molar-refractivity contribution >= 4 is 23.1 Å². The first-order chi connectivity index (χ1) is 12.1. The standard InChI is InChI=1S/C18H23ClN4O2/c1-12-20-17(19)11-18(21-12)23-6-4-13(5-7-23)22-14-8-15(24-2)10-16(9-14)25-3/h8-11,13,22H,4-7H2,1-3H3. The lowest BCUT2D eigenvalue weighted by atomic mass is 10.0. The predicted molar refractivity (Wildman–Crippen MR) is 100 cm³/mol. The molecule has 134 valence electrons. The summed E-state index contributed by atoms with van der Waals surface area (Å²) in [5.74, 6) is 3.17. The van der Waals surface area contributed by atoms with Crippen LogP contribution in [0.5, 0.6) is 11.5 Å². The van der Waals surface area contributed by atoms with Gasteiger partial charge in [0, 0.05) is 49.1 Å². The fraction of sp³-hybridized carbons (Fsp3) is 0.444. The number of rotatable bonds is 5. The molecule has 1 aliphatic rings. The Morgan fingerprint density at radius 2 is 1.68 bits per heavy atom. The maximum Gasteiger partial charge on any atom is 0.134 e. The van der Waals surface area contributed by atoms with Gasteiger partial charge in [-0.05, 0) is 19.8 Å². The van der Waals surface area contributed by atoms with E-state index < -0.39 is 0 Å². The minimum atomic E-state index is 0.395. The number of nitrogens with one attached hydrogen (secondary N) is 1. The molecule has 0 bridgehead atoms. The molecule has 1 N–H and O–H groups in total. The second-order valence-corrected chi connectivity index (χ2v) is 6.49. The summed E-state index contributed by atoms with van der Waals surface area (Å²) in [6, 6.07) is 8.07. The summed E-state index contributed by atoms with van der Waals surface area (Å²) in [5.41, 5.74) is 1.01. The fourth-order valence-corrected chi connectivity index (χ4v) is 3.28. The van der Waals surface area contributed by atoms with Crippen LogP contribution in [0.3, 0.4) is 0 Å². The van der Waals surface area contributed by atoms with Gasteiger partial charge in [0.05, 0.1) is 14.2 Å². The number of piperidine rings is 1. The molecule has 0 saturated carbocycles. The zero-order chi connectivity index (χ0) is 17.8. The van der Waals surface area contributed by atoms with Gasteiger partial charge in [-0.25, -0.2) is 9.97 Å². The van der Waals surface area contributed by atoms with Crippen LogP contribution in [0.25, 0.3) is 0 Å². The Kier molecular flexibility index (Phi) is 5.48. The minimum Gasteiger partial charge on any atom is -0.497 e. The topological polar surface area (TPSA) is 59.5 Å². The van der Waals surface area contributed by atoms with Crippen LogP contribution in [-0.4, -0.2) is 43.3 Å². The average Bonchev–Trinajstić information content (AvgIpc) is 2.61. The van der Waals surface area contributed by atoms with Crippen molar-refractivity contribution in [3.05, 3.63) is 35.2 Å². The SMILES string of the molecule is COc1cc(NC2CCN(c3cc(Cl)nc(C)n3)CC2)cc(OC)c1. The van der Waals surface area contributed by atoms with Gasteiger partial charge in [-0.3, -0.25) is 0 Å². The Morgan fingerprint density at radius 3 is 2.24 bits per heavy atom. The van der Waals surface area contributed by atoms with Gasteiger partial charge in [0.25, 0.3) is 0 Å². The number of halogens is 1. The van der Waals surface area contributed by atoms with E-state index in [-0.39, 0.29) is 0 Å². The average molecular weight is 363 g/mol. The van der Waals surface area contributed by atoms with Crippen LogP contribution in [0, 0.1) is 6.92 Å². The molecule has 0 aliphatic carbocycles. The molecule has 25 heavy (non-hydrogen) atoms. The van der Waals surface area contributed by atoms with Crippen LogP contribution in [-0.2, 0) is 0 Å². The summed E-state index contributed by atoms with van der Waals surface area (Å²) in [7, 11) is 3.32. The first-order valence-corrected chi connectivity index (χ1v) is 8.71. The number of aryl methyl sites for hydroxylation is 1. The lowest BCUT2D eigenvalue weighted by molar-refractivity contribution is 0.394. The molecule has 0 atom stereocenters. The van der Waals surface area contributed by atoms with E-state index in [0.29, 0.717) is 17.0 Å². The number of hydrogen-bond donors (Lipinski definition) is 1. The second-order valence-electron chi connectivity index (χ2n) is 6.10. The molecule has 0 radical (unpaired) electrons. The number of aromatic nitrogens is 2.